The molecule has 0 bridgehead atoms. The first-order valence-electron chi connectivity index (χ1n) is 7.49. The lowest BCUT2D eigenvalue weighted by molar-refractivity contribution is 0.350. The van der Waals surface area contributed by atoms with Crippen molar-refractivity contribution in [2.24, 2.45) is 5.92 Å². The minimum Gasteiger partial charge on any atom is -0.497 e. The summed E-state index contributed by atoms with van der Waals surface area (Å²) in [6.07, 6.45) is 4.86. The van der Waals surface area contributed by atoms with E-state index in [1.807, 2.05) is 24.3 Å². The second kappa shape index (κ2) is 6.16. The molecule has 5 nitrogen and oxygen atoms in total. The van der Waals surface area contributed by atoms with Crippen LogP contribution >= 0.6 is 0 Å². The summed E-state index contributed by atoms with van der Waals surface area (Å²) in [4.78, 5) is 4.42. The topological polar surface area (TPSA) is 60.2 Å². The number of benzene rings is 1. The van der Waals surface area contributed by atoms with Gasteiger partial charge in [0.15, 0.2) is 0 Å². The fraction of sp³-hybridized carbons (Fsp3) is 0.500. The summed E-state index contributed by atoms with van der Waals surface area (Å²) < 4.78 is 10.4. The van der Waals surface area contributed by atoms with E-state index in [9.17, 15) is 0 Å². The Kier molecular flexibility index (Phi) is 4.08. The van der Waals surface area contributed by atoms with Crippen molar-refractivity contribution in [1.29, 1.82) is 0 Å². The maximum atomic E-state index is 5.30. The molecule has 1 aromatic heterocycles. The van der Waals surface area contributed by atoms with Crippen LogP contribution in [0.15, 0.2) is 28.8 Å². The van der Waals surface area contributed by atoms with E-state index in [4.69, 9.17) is 9.26 Å². The zero-order valence-electron chi connectivity index (χ0n) is 12.5. The lowest BCUT2D eigenvalue weighted by Crippen LogP contribution is -2.25. The molecule has 0 atom stereocenters. The first-order chi connectivity index (χ1) is 10.2. The van der Waals surface area contributed by atoms with Crippen molar-refractivity contribution in [2.75, 3.05) is 12.4 Å². The zero-order valence-corrected chi connectivity index (χ0v) is 12.5. The largest absolute Gasteiger partial charge is 0.497 e. The number of anilines is 1. The molecular weight excluding hydrogens is 266 g/mol. The summed E-state index contributed by atoms with van der Waals surface area (Å²) in [7, 11) is 1.65. The van der Waals surface area contributed by atoms with Gasteiger partial charge in [-0.3, -0.25) is 0 Å². The van der Waals surface area contributed by atoms with E-state index in [0.717, 1.165) is 17.2 Å². The summed E-state index contributed by atoms with van der Waals surface area (Å²) in [6.45, 7) is 2.31. The van der Waals surface area contributed by atoms with Gasteiger partial charge in [-0.05, 0) is 55.9 Å². The summed E-state index contributed by atoms with van der Waals surface area (Å²) in [5.41, 5.74) is 0.921. The second-order valence-electron chi connectivity index (χ2n) is 5.75. The highest BCUT2D eigenvalue weighted by molar-refractivity contribution is 5.56. The molecule has 1 aromatic carbocycles. The molecule has 21 heavy (non-hydrogen) atoms. The van der Waals surface area contributed by atoms with Crippen LogP contribution in [-0.4, -0.2) is 23.3 Å². The molecular formula is C16H21N3O2. The van der Waals surface area contributed by atoms with E-state index in [1.54, 1.807) is 7.11 Å². The molecule has 2 aromatic rings. The fourth-order valence-electron chi connectivity index (χ4n) is 2.72. The molecule has 0 radical (unpaired) electrons. The fourth-order valence-corrected chi connectivity index (χ4v) is 2.72. The van der Waals surface area contributed by atoms with Gasteiger partial charge in [0.05, 0.1) is 7.11 Å². The second-order valence-corrected chi connectivity index (χ2v) is 5.75. The van der Waals surface area contributed by atoms with E-state index in [-0.39, 0.29) is 0 Å². The van der Waals surface area contributed by atoms with Gasteiger partial charge in [-0.25, -0.2) is 0 Å². The molecule has 1 aliphatic rings. The van der Waals surface area contributed by atoms with Gasteiger partial charge in [0.25, 0.3) is 0 Å². The highest BCUT2D eigenvalue weighted by Gasteiger charge is 2.20. The quantitative estimate of drug-likeness (QED) is 0.928. The van der Waals surface area contributed by atoms with Gasteiger partial charge in [-0.15, -0.1) is 0 Å². The zero-order chi connectivity index (χ0) is 14.7. The molecule has 0 amide bonds. The Morgan fingerprint density at radius 2 is 1.86 bits per heavy atom. The monoisotopic (exact) mass is 287 g/mol. The van der Waals surface area contributed by atoms with Crippen LogP contribution in [-0.2, 0) is 0 Å². The third-order valence-electron chi connectivity index (χ3n) is 4.12. The van der Waals surface area contributed by atoms with Crippen LogP contribution < -0.4 is 10.1 Å². The Hall–Kier alpha value is -2.04. The first kappa shape index (κ1) is 13.9. The summed E-state index contributed by atoms with van der Waals surface area (Å²) >= 11 is 0. The number of ether oxygens (including phenoxy) is 1. The predicted molar refractivity (Wildman–Crippen MR) is 81.3 cm³/mol. The van der Waals surface area contributed by atoms with Gasteiger partial charge in [0.1, 0.15) is 5.75 Å². The molecule has 1 N–H and O–H groups in total. The smallest absolute Gasteiger partial charge is 0.322 e. The maximum Gasteiger partial charge on any atom is 0.322 e. The van der Waals surface area contributed by atoms with Gasteiger partial charge in [0, 0.05) is 11.6 Å². The van der Waals surface area contributed by atoms with Crippen LogP contribution in [0.5, 0.6) is 5.75 Å². The minimum atomic E-state index is 0.449. The van der Waals surface area contributed by atoms with Crippen molar-refractivity contribution in [3.8, 4) is 17.1 Å². The Morgan fingerprint density at radius 1 is 1.14 bits per heavy atom. The summed E-state index contributed by atoms with van der Waals surface area (Å²) in [6, 6.07) is 8.60. The molecule has 1 fully saturated rings. The Labute approximate surface area is 124 Å². The van der Waals surface area contributed by atoms with E-state index in [1.165, 1.54) is 25.7 Å². The van der Waals surface area contributed by atoms with Gasteiger partial charge >= 0.3 is 6.01 Å². The van der Waals surface area contributed by atoms with Crippen molar-refractivity contribution in [3.05, 3.63) is 24.3 Å². The number of aromatic nitrogens is 2. The third kappa shape index (κ3) is 3.35. The molecule has 3 rings (SSSR count). The van der Waals surface area contributed by atoms with Crippen molar-refractivity contribution < 1.29 is 9.26 Å². The minimum absolute atomic E-state index is 0.449. The van der Waals surface area contributed by atoms with Crippen LogP contribution in [0.4, 0.5) is 6.01 Å². The highest BCUT2D eigenvalue weighted by atomic mass is 16.5. The number of hydrogen-bond acceptors (Lipinski definition) is 5. The molecule has 112 valence electrons. The maximum absolute atomic E-state index is 5.30. The predicted octanol–water partition coefficient (Wildman–Crippen LogP) is 3.74. The van der Waals surface area contributed by atoms with E-state index in [2.05, 4.69) is 22.4 Å². The van der Waals surface area contributed by atoms with E-state index >= 15 is 0 Å². The van der Waals surface area contributed by atoms with Crippen LogP contribution in [0.1, 0.15) is 32.6 Å². The van der Waals surface area contributed by atoms with Gasteiger partial charge in [0.2, 0.25) is 5.82 Å². The van der Waals surface area contributed by atoms with E-state index < -0.39 is 0 Å². The van der Waals surface area contributed by atoms with Crippen molar-refractivity contribution in [2.45, 2.75) is 38.6 Å². The van der Waals surface area contributed by atoms with E-state index in [0.29, 0.717) is 17.9 Å². The Balaban J connectivity index is 1.65. The first-order valence-corrected chi connectivity index (χ1v) is 7.49. The molecule has 1 aliphatic carbocycles. The number of rotatable bonds is 4. The SMILES string of the molecule is COc1ccc(-c2noc(NC3CCC(C)CC3)n2)cc1. The highest BCUT2D eigenvalue weighted by Crippen LogP contribution is 2.26. The number of nitrogens with one attached hydrogen (secondary N) is 1. The molecule has 0 unspecified atom stereocenters. The van der Waals surface area contributed by atoms with Gasteiger partial charge < -0.3 is 14.6 Å². The summed E-state index contributed by atoms with van der Waals surface area (Å²) in [5, 5.41) is 7.38. The van der Waals surface area contributed by atoms with Gasteiger partial charge in [-0.2, -0.15) is 4.98 Å². The lowest BCUT2D eigenvalue weighted by Gasteiger charge is -2.25. The van der Waals surface area contributed by atoms with Crippen molar-refractivity contribution >= 4 is 6.01 Å². The number of nitrogens with zero attached hydrogens (tertiary/aromatic N) is 2. The van der Waals surface area contributed by atoms with Gasteiger partial charge in [-0.1, -0.05) is 12.1 Å². The van der Waals surface area contributed by atoms with Crippen LogP contribution in [0.25, 0.3) is 11.4 Å². The Morgan fingerprint density at radius 3 is 2.52 bits per heavy atom. The van der Waals surface area contributed by atoms with Crippen LogP contribution in [0.3, 0.4) is 0 Å². The normalized spacial score (nSPS) is 22.0. The third-order valence-corrected chi connectivity index (χ3v) is 4.12. The molecule has 1 heterocycles. The number of hydrogen-bond donors (Lipinski definition) is 1. The standard InChI is InChI=1S/C16H21N3O2/c1-11-3-7-13(8-4-11)17-16-18-15(19-21-16)12-5-9-14(20-2)10-6-12/h5-6,9-11,13H,3-4,7-8H2,1-2H3,(H,17,18,19). The molecule has 1 saturated carbocycles. The lowest BCUT2D eigenvalue weighted by atomic mass is 9.87. The molecule has 5 heteroatoms. The van der Waals surface area contributed by atoms with Crippen molar-refractivity contribution in [1.82, 2.24) is 10.1 Å². The van der Waals surface area contributed by atoms with Crippen molar-refractivity contribution in [3.63, 3.8) is 0 Å². The number of methoxy groups -OCH3 is 1. The average molecular weight is 287 g/mol. The molecule has 0 spiro atoms. The van der Waals surface area contributed by atoms with Crippen LogP contribution in [0.2, 0.25) is 0 Å². The molecule has 0 saturated heterocycles. The molecule has 0 aliphatic heterocycles. The average Bonchev–Trinajstić information content (AvgIpc) is 2.98. The summed E-state index contributed by atoms with van der Waals surface area (Å²) in [5.74, 6) is 2.25. The van der Waals surface area contributed by atoms with Crippen LogP contribution in [0, 0.1) is 5.92 Å². The Bertz CT molecular complexity index is 571.